The van der Waals surface area contributed by atoms with Crippen molar-refractivity contribution in [1.29, 1.82) is 0 Å². The van der Waals surface area contributed by atoms with Gasteiger partial charge in [0.1, 0.15) is 17.6 Å². The van der Waals surface area contributed by atoms with Gasteiger partial charge in [0.2, 0.25) is 5.91 Å². The minimum Gasteiger partial charge on any atom is -0.494 e. The lowest BCUT2D eigenvalue weighted by atomic mass is 10.1. The molecule has 9 nitrogen and oxygen atoms in total. The molecule has 1 atom stereocenters. The smallest absolute Gasteiger partial charge is 0.241 e. The molecule has 1 aromatic rings. The van der Waals surface area contributed by atoms with Gasteiger partial charge in [-0.3, -0.25) is 9.69 Å². The van der Waals surface area contributed by atoms with E-state index in [1.54, 1.807) is 19.0 Å². The monoisotopic (exact) mass is 575 g/mol. The fourth-order valence-corrected chi connectivity index (χ4v) is 3.71. The summed E-state index contributed by atoms with van der Waals surface area (Å²) in [6.07, 6.45) is 1.07. The molecule has 2 heterocycles. The Labute approximate surface area is 214 Å². The highest BCUT2D eigenvalue weighted by Gasteiger charge is 2.22. The fraction of sp³-hybridized carbons (Fsp3) is 0.652. The Balaban J connectivity index is 0.00000385. The highest BCUT2D eigenvalue weighted by Crippen LogP contribution is 2.35. The van der Waals surface area contributed by atoms with Crippen molar-refractivity contribution >= 4 is 35.8 Å². The molecule has 0 bridgehead atoms. The first-order valence-electron chi connectivity index (χ1n) is 11.4. The zero-order valence-corrected chi connectivity index (χ0v) is 22.5. The number of morpholine rings is 1. The van der Waals surface area contributed by atoms with Crippen molar-refractivity contribution in [3.63, 3.8) is 0 Å². The highest BCUT2D eigenvalue weighted by atomic mass is 127. The van der Waals surface area contributed by atoms with Crippen LogP contribution < -0.4 is 20.1 Å². The maximum atomic E-state index is 12.1. The molecule has 3 rings (SSSR count). The lowest BCUT2D eigenvalue weighted by Crippen LogP contribution is -2.46. The Morgan fingerprint density at radius 1 is 1.27 bits per heavy atom. The molecule has 0 saturated carbocycles. The minimum atomic E-state index is -0.0115. The van der Waals surface area contributed by atoms with Gasteiger partial charge in [-0.2, -0.15) is 0 Å². The Kier molecular flexibility index (Phi) is 11.5. The van der Waals surface area contributed by atoms with E-state index in [4.69, 9.17) is 19.2 Å². The number of nitrogens with zero attached hydrogens (tertiary/aromatic N) is 3. The van der Waals surface area contributed by atoms with Crippen LogP contribution in [-0.4, -0.2) is 94.4 Å². The predicted octanol–water partition coefficient (Wildman–Crippen LogP) is 1.48. The molecule has 0 aromatic heterocycles. The van der Waals surface area contributed by atoms with Crippen molar-refractivity contribution in [2.24, 2.45) is 4.99 Å². The van der Waals surface area contributed by atoms with E-state index < -0.39 is 0 Å². The normalized spacial score (nSPS) is 18.1. The summed E-state index contributed by atoms with van der Waals surface area (Å²) in [7, 11) is 3.49. The fourth-order valence-electron chi connectivity index (χ4n) is 3.71. The molecule has 2 N–H and O–H groups in total. The molecule has 186 valence electrons. The van der Waals surface area contributed by atoms with Gasteiger partial charge in [0.15, 0.2) is 5.96 Å². The average Bonchev–Trinajstić information content (AvgIpc) is 3.14. The third-order valence-electron chi connectivity index (χ3n) is 5.52. The second-order valence-corrected chi connectivity index (χ2v) is 8.32. The number of fused-ring (bicyclic) bond motifs is 1. The minimum absolute atomic E-state index is 0. The van der Waals surface area contributed by atoms with Crippen LogP contribution in [0.15, 0.2) is 17.1 Å². The highest BCUT2D eigenvalue weighted by molar-refractivity contribution is 14.0. The number of likely N-dealkylation sites (N-methyl/N-ethyl adjacent to an activating group) is 1. The third kappa shape index (κ3) is 8.49. The standard InChI is InChI=1S/C23H37N5O4.HI/c1-5-31-20-13-18-12-17(2)32-21(18)14-19(20)15-25-23(26-16-22(29)27(3)4)24-6-7-28-8-10-30-11-9-28;/h13-14,17H,5-12,15-16H2,1-4H3,(H2,24,25,26);1H. The summed E-state index contributed by atoms with van der Waals surface area (Å²) >= 11 is 0. The number of rotatable bonds is 9. The molecule has 1 amide bonds. The molecular weight excluding hydrogens is 537 g/mol. The van der Waals surface area contributed by atoms with Crippen molar-refractivity contribution in [2.75, 3.05) is 66.6 Å². The largest absolute Gasteiger partial charge is 0.494 e. The van der Waals surface area contributed by atoms with Gasteiger partial charge in [0, 0.05) is 57.8 Å². The van der Waals surface area contributed by atoms with Crippen LogP contribution in [0.2, 0.25) is 0 Å². The summed E-state index contributed by atoms with van der Waals surface area (Å²) < 4.78 is 17.2. The van der Waals surface area contributed by atoms with Crippen molar-refractivity contribution in [2.45, 2.75) is 32.9 Å². The summed E-state index contributed by atoms with van der Waals surface area (Å²) in [5.74, 6) is 2.33. The van der Waals surface area contributed by atoms with Gasteiger partial charge in [-0.05, 0) is 26.0 Å². The molecule has 0 radical (unpaired) electrons. The quantitative estimate of drug-likeness (QED) is 0.262. The van der Waals surface area contributed by atoms with E-state index >= 15 is 0 Å². The molecule has 2 aliphatic rings. The van der Waals surface area contributed by atoms with E-state index in [1.807, 2.05) is 13.0 Å². The second-order valence-electron chi connectivity index (χ2n) is 8.32. The van der Waals surface area contributed by atoms with Crippen LogP contribution in [0.3, 0.4) is 0 Å². The van der Waals surface area contributed by atoms with E-state index in [2.05, 4.69) is 28.5 Å². The number of hydrogen-bond donors (Lipinski definition) is 2. The van der Waals surface area contributed by atoms with E-state index in [-0.39, 0.29) is 42.5 Å². The van der Waals surface area contributed by atoms with Crippen LogP contribution in [0.1, 0.15) is 25.0 Å². The van der Waals surface area contributed by atoms with Crippen LogP contribution in [0.25, 0.3) is 0 Å². The number of benzene rings is 1. The topological polar surface area (TPSA) is 87.7 Å². The van der Waals surface area contributed by atoms with Gasteiger partial charge < -0.3 is 29.7 Å². The number of hydrogen-bond acceptors (Lipinski definition) is 6. The Morgan fingerprint density at radius 3 is 2.73 bits per heavy atom. The predicted molar refractivity (Wildman–Crippen MR) is 140 cm³/mol. The molecule has 1 unspecified atom stereocenters. The van der Waals surface area contributed by atoms with Gasteiger partial charge in [0.25, 0.3) is 0 Å². The first-order chi connectivity index (χ1) is 15.5. The Bertz CT molecular complexity index is 799. The van der Waals surface area contributed by atoms with E-state index in [0.717, 1.165) is 62.9 Å². The number of halogens is 1. The summed E-state index contributed by atoms with van der Waals surface area (Å²) in [5, 5.41) is 6.51. The van der Waals surface area contributed by atoms with E-state index in [0.29, 0.717) is 19.1 Å². The molecular formula is C23H38IN5O4. The molecule has 0 aliphatic carbocycles. The average molecular weight is 575 g/mol. The second kappa shape index (κ2) is 13.8. The number of amides is 1. The maximum absolute atomic E-state index is 12.1. The maximum Gasteiger partial charge on any atom is 0.241 e. The van der Waals surface area contributed by atoms with Gasteiger partial charge in [-0.1, -0.05) is 0 Å². The zero-order chi connectivity index (χ0) is 22.9. The SMILES string of the molecule is CCOc1cc2c(cc1CN=C(NCCN1CCOCC1)NCC(=O)N(C)C)OC(C)C2.I. The molecule has 1 aromatic carbocycles. The van der Waals surface area contributed by atoms with Crippen molar-refractivity contribution < 1.29 is 19.0 Å². The Hall–Kier alpha value is -1.79. The van der Waals surface area contributed by atoms with Gasteiger partial charge in [0.05, 0.1) is 32.9 Å². The molecule has 0 spiro atoms. The molecule has 33 heavy (non-hydrogen) atoms. The first kappa shape index (κ1) is 27.5. The van der Waals surface area contributed by atoms with E-state index in [1.165, 1.54) is 5.56 Å². The lowest BCUT2D eigenvalue weighted by Gasteiger charge is -2.26. The summed E-state index contributed by atoms with van der Waals surface area (Å²) in [6, 6.07) is 4.10. The summed E-state index contributed by atoms with van der Waals surface area (Å²) in [6.45, 7) is 10.3. The summed E-state index contributed by atoms with van der Waals surface area (Å²) in [4.78, 5) is 20.7. The van der Waals surface area contributed by atoms with Gasteiger partial charge in [-0.15, -0.1) is 24.0 Å². The van der Waals surface area contributed by atoms with Crippen LogP contribution in [0.4, 0.5) is 0 Å². The lowest BCUT2D eigenvalue weighted by molar-refractivity contribution is -0.127. The van der Waals surface area contributed by atoms with Crippen LogP contribution in [-0.2, 0) is 22.5 Å². The number of carbonyl (C=O) groups is 1. The van der Waals surface area contributed by atoms with E-state index in [9.17, 15) is 4.79 Å². The van der Waals surface area contributed by atoms with Gasteiger partial charge in [-0.25, -0.2) is 4.99 Å². The number of carbonyl (C=O) groups excluding carboxylic acids is 1. The molecule has 2 aliphatic heterocycles. The zero-order valence-electron chi connectivity index (χ0n) is 20.2. The first-order valence-corrected chi connectivity index (χ1v) is 11.4. The summed E-state index contributed by atoms with van der Waals surface area (Å²) in [5.41, 5.74) is 2.14. The number of ether oxygens (including phenoxy) is 3. The van der Waals surface area contributed by atoms with Crippen molar-refractivity contribution in [3.8, 4) is 11.5 Å². The third-order valence-corrected chi connectivity index (χ3v) is 5.52. The van der Waals surface area contributed by atoms with Crippen molar-refractivity contribution in [3.05, 3.63) is 23.3 Å². The Morgan fingerprint density at radius 2 is 2.03 bits per heavy atom. The number of guanidine groups is 1. The van der Waals surface area contributed by atoms with Gasteiger partial charge >= 0.3 is 0 Å². The van der Waals surface area contributed by atoms with Crippen LogP contribution in [0.5, 0.6) is 11.5 Å². The number of aliphatic imine (C=N–C) groups is 1. The van der Waals surface area contributed by atoms with Crippen LogP contribution >= 0.6 is 24.0 Å². The molecule has 1 saturated heterocycles. The molecule has 1 fully saturated rings. The van der Waals surface area contributed by atoms with Crippen molar-refractivity contribution in [1.82, 2.24) is 20.4 Å². The molecule has 10 heteroatoms. The number of nitrogens with one attached hydrogen (secondary N) is 2. The van der Waals surface area contributed by atoms with Crippen LogP contribution in [0, 0.1) is 0 Å².